The van der Waals surface area contributed by atoms with Crippen LogP contribution in [0.1, 0.15) is 39.2 Å². The highest BCUT2D eigenvalue weighted by Gasteiger charge is 2.18. The number of hydrogen-bond donors (Lipinski definition) is 1. The van der Waals surface area contributed by atoms with Gasteiger partial charge in [-0.25, -0.2) is 0 Å². The molecule has 5 nitrogen and oxygen atoms in total. The lowest BCUT2D eigenvalue weighted by atomic mass is 10.1. The normalized spacial score (nSPS) is 11.8. The fourth-order valence-electron chi connectivity index (χ4n) is 2.79. The van der Waals surface area contributed by atoms with E-state index in [9.17, 15) is 4.79 Å². The number of carbonyl (C=O) groups is 1. The van der Waals surface area contributed by atoms with Crippen molar-refractivity contribution in [2.24, 2.45) is 0 Å². The first kappa shape index (κ1) is 21.6. The first-order valence-electron chi connectivity index (χ1n) is 9.85. The summed E-state index contributed by atoms with van der Waals surface area (Å²) in [6.45, 7) is 6.57. The fourth-order valence-corrected chi connectivity index (χ4v) is 2.79. The molecule has 2 rings (SSSR count). The van der Waals surface area contributed by atoms with Crippen LogP contribution in [0.2, 0.25) is 0 Å². The van der Waals surface area contributed by atoms with Crippen LogP contribution in [0.4, 0.5) is 0 Å². The molecule has 0 aromatic heterocycles. The molecule has 2 aromatic rings. The van der Waals surface area contributed by atoms with Crippen LogP contribution in [0.25, 0.3) is 0 Å². The lowest BCUT2D eigenvalue weighted by molar-refractivity contribution is -0.128. The molecule has 152 valence electrons. The van der Waals surface area contributed by atoms with Crippen molar-refractivity contribution >= 4 is 5.91 Å². The maximum absolute atomic E-state index is 12.4. The molecule has 0 radical (unpaired) electrons. The van der Waals surface area contributed by atoms with Crippen LogP contribution in [-0.2, 0) is 11.2 Å². The summed E-state index contributed by atoms with van der Waals surface area (Å²) in [5, 5.41) is 2.97. The van der Waals surface area contributed by atoms with Gasteiger partial charge < -0.3 is 19.5 Å². The van der Waals surface area contributed by atoms with Gasteiger partial charge in [-0.05, 0) is 62.9 Å². The average molecular weight is 386 g/mol. The van der Waals surface area contributed by atoms with Crippen molar-refractivity contribution in [2.45, 2.75) is 52.2 Å². The minimum atomic E-state index is -0.514. The van der Waals surface area contributed by atoms with Crippen molar-refractivity contribution < 1.29 is 19.0 Å². The van der Waals surface area contributed by atoms with Gasteiger partial charge in [0.2, 0.25) is 0 Å². The fraction of sp³-hybridized carbons (Fsp3) is 0.435. The van der Waals surface area contributed by atoms with Gasteiger partial charge in [0.1, 0.15) is 17.2 Å². The summed E-state index contributed by atoms with van der Waals surface area (Å²) in [5.74, 6) is 2.13. The Balaban J connectivity index is 1.75. The molecule has 1 N–H and O–H groups in total. The second-order valence-corrected chi connectivity index (χ2v) is 6.90. The Labute approximate surface area is 168 Å². The van der Waals surface area contributed by atoms with Crippen molar-refractivity contribution in [3.05, 3.63) is 54.1 Å². The van der Waals surface area contributed by atoms with E-state index in [0.717, 1.165) is 18.6 Å². The van der Waals surface area contributed by atoms with E-state index in [1.54, 1.807) is 13.2 Å². The highest BCUT2D eigenvalue weighted by molar-refractivity contribution is 5.81. The zero-order valence-electron chi connectivity index (χ0n) is 17.2. The van der Waals surface area contributed by atoms with E-state index >= 15 is 0 Å². The third-order valence-electron chi connectivity index (χ3n) is 4.22. The predicted molar refractivity (Wildman–Crippen MR) is 111 cm³/mol. The van der Waals surface area contributed by atoms with Gasteiger partial charge in [0.15, 0.2) is 6.10 Å². The molecular weight excluding hydrogens is 354 g/mol. The topological polar surface area (TPSA) is 56.8 Å². The molecule has 2 aromatic carbocycles. The second-order valence-electron chi connectivity index (χ2n) is 6.90. The molecule has 1 atom stereocenters. The molecule has 0 saturated carbocycles. The smallest absolute Gasteiger partial charge is 0.261 e. The SMILES string of the molecule is CCC(Oc1cccc(OC)c1)C(=O)NCCCc1ccc(OC(C)C)cc1. The van der Waals surface area contributed by atoms with E-state index < -0.39 is 6.10 Å². The van der Waals surface area contributed by atoms with E-state index in [-0.39, 0.29) is 12.0 Å². The molecule has 0 saturated heterocycles. The van der Waals surface area contributed by atoms with E-state index in [1.807, 2.05) is 51.1 Å². The average Bonchev–Trinajstić information content (AvgIpc) is 2.70. The molecule has 0 aliphatic heterocycles. The minimum Gasteiger partial charge on any atom is -0.497 e. The zero-order chi connectivity index (χ0) is 20.4. The van der Waals surface area contributed by atoms with Crippen molar-refractivity contribution in [3.63, 3.8) is 0 Å². The van der Waals surface area contributed by atoms with Crippen molar-refractivity contribution in [2.75, 3.05) is 13.7 Å². The molecular formula is C23H31NO4. The predicted octanol–water partition coefficient (Wildman–Crippen LogP) is 4.39. The third-order valence-corrected chi connectivity index (χ3v) is 4.22. The number of benzene rings is 2. The summed E-state index contributed by atoms with van der Waals surface area (Å²) in [7, 11) is 1.61. The van der Waals surface area contributed by atoms with Gasteiger partial charge in [0.25, 0.3) is 5.91 Å². The Morgan fingerprint density at radius 1 is 1.00 bits per heavy atom. The Hall–Kier alpha value is -2.69. The summed E-state index contributed by atoms with van der Waals surface area (Å²) < 4.78 is 16.7. The molecule has 0 fully saturated rings. The highest BCUT2D eigenvalue weighted by atomic mass is 16.5. The number of aryl methyl sites for hydroxylation is 1. The van der Waals surface area contributed by atoms with Crippen LogP contribution in [0.5, 0.6) is 17.2 Å². The number of hydrogen-bond acceptors (Lipinski definition) is 4. The number of methoxy groups -OCH3 is 1. The summed E-state index contributed by atoms with van der Waals surface area (Å²) >= 11 is 0. The van der Waals surface area contributed by atoms with E-state index in [1.165, 1.54) is 5.56 Å². The van der Waals surface area contributed by atoms with Gasteiger partial charge in [0.05, 0.1) is 13.2 Å². The summed E-state index contributed by atoms with van der Waals surface area (Å²) in [5.41, 5.74) is 1.23. The molecule has 0 bridgehead atoms. The Morgan fingerprint density at radius 2 is 1.71 bits per heavy atom. The van der Waals surface area contributed by atoms with Gasteiger partial charge in [-0.15, -0.1) is 0 Å². The quantitative estimate of drug-likeness (QED) is 0.583. The maximum atomic E-state index is 12.4. The van der Waals surface area contributed by atoms with Crippen LogP contribution in [0.15, 0.2) is 48.5 Å². The van der Waals surface area contributed by atoms with Gasteiger partial charge in [-0.3, -0.25) is 4.79 Å². The molecule has 28 heavy (non-hydrogen) atoms. The molecule has 1 unspecified atom stereocenters. The van der Waals surface area contributed by atoms with Crippen molar-refractivity contribution in [3.8, 4) is 17.2 Å². The van der Waals surface area contributed by atoms with Crippen LogP contribution < -0.4 is 19.5 Å². The van der Waals surface area contributed by atoms with Gasteiger partial charge >= 0.3 is 0 Å². The lowest BCUT2D eigenvalue weighted by Gasteiger charge is -2.17. The van der Waals surface area contributed by atoms with E-state index in [2.05, 4.69) is 17.4 Å². The third kappa shape index (κ3) is 7.14. The lowest BCUT2D eigenvalue weighted by Crippen LogP contribution is -2.38. The Bertz CT molecular complexity index is 728. The van der Waals surface area contributed by atoms with Crippen LogP contribution in [0, 0.1) is 0 Å². The molecule has 0 aliphatic carbocycles. The van der Waals surface area contributed by atoms with Gasteiger partial charge in [-0.1, -0.05) is 25.1 Å². The summed E-state index contributed by atoms with van der Waals surface area (Å²) in [4.78, 5) is 12.4. The maximum Gasteiger partial charge on any atom is 0.261 e. The van der Waals surface area contributed by atoms with Crippen molar-refractivity contribution in [1.29, 1.82) is 0 Å². The van der Waals surface area contributed by atoms with E-state index in [0.29, 0.717) is 24.5 Å². The summed E-state index contributed by atoms with van der Waals surface area (Å²) in [6, 6.07) is 15.4. The number of amides is 1. The standard InChI is InChI=1S/C23H31NO4/c1-5-22(28-21-10-6-9-20(16-21)26-4)23(25)24-15-7-8-18-11-13-19(14-12-18)27-17(2)3/h6,9-14,16-17,22H,5,7-8,15H2,1-4H3,(H,24,25). The number of carbonyl (C=O) groups excluding carboxylic acids is 1. The van der Waals surface area contributed by atoms with Gasteiger partial charge in [-0.2, -0.15) is 0 Å². The van der Waals surface area contributed by atoms with E-state index in [4.69, 9.17) is 14.2 Å². The molecule has 0 heterocycles. The summed E-state index contributed by atoms with van der Waals surface area (Å²) in [6.07, 6.45) is 2.02. The molecule has 0 spiro atoms. The molecule has 1 amide bonds. The number of nitrogens with one attached hydrogen (secondary N) is 1. The minimum absolute atomic E-state index is 0.0917. The van der Waals surface area contributed by atoms with Crippen LogP contribution >= 0.6 is 0 Å². The number of rotatable bonds is 11. The second kappa shape index (κ2) is 11.2. The zero-order valence-corrected chi connectivity index (χ0v) is 17.2. The van der Waals surface area contributed by atoms with Crippen LogP contribution in [-0.4, -0.2) is 31.8 Å². The molecule has 0 aliphatic rings. The highest BCUT2D eigenvalue weighted by Crippen LogP contribution is 2.20. The number of ether oxygens (including phenoxy) is 3. The van der Waals surface area contributed by atoms with Crippen molar-refractivity contribution in [1.82, 2.24) is 5.32 Å². The molecule has 5 heteroatoms. The largest absolute Gasteiger partial charge is 0.497 e. The first-order valence-corrected chi connectivity index (χ1v) is 9.85. The monoisotopic (exact) mass is 385 g/mol. The van der Waals surface area contributed by atoms with Gasteiger partial charge in [0, 0.05) is 12.6 Å². The Kier molecular flexibility index (Phi) is 8.66. The Morgan fingerprint density at radius 3 is 2.36 bits per heavy atom. The van der Waals surface area contributed by atoms with Crippen LogP contribution in [0.3, 0.4) is 0 Å². The first-order chi connectivity index (χ1) is 13.5.